The molecule has 180 valence electrons. The quantitative estimate of drug-likeness (QED) is 0.540. The van der Waals surface area contributed by atoms with E-state index in [2.05, 4.69) is 27.0 Å². The number of likely N-dealkylation sites (tertiary alicyclic amines) is 1. The summed E-state index contributed by atoms with van der Waals surface area (Å²) >= 11 is 0. The van der Waals surface area contributed by atoms with Crippen LogP contribution in [-0.4, -0.2) is 70.2 Å². The molecule has 10 nitrogen and oxygen atoms in total. The van der Waals surface area contributed by atoms with Crippen LogP contribution in [0.3, 0.4) is 0 Å². The van der Waals surface area contributed by atoms with Gasteiger partial charge in [-0.25, -0.2) is 9.97 Å². The SMILES string of the molecule is COCc1cc(-c2cnc(N)c(Oc3cnn(C4CCN(C)CC4)c3)n2)cc(C2(O)COC2)c1. The Labute approximate surface area is 198 Å². The van der Waals surface area contributed by atoms with Gasteiger partial charge in [-0.2, -0.15) is 5.10 Å². The lowest BCUT2D eigenvalue weighted by Gasteiger charge is -2.37. The number of methoxy groups -OCH3 is 1. The number of hydrogen-bond acceptors (Lipinski definition) is 9. The summed E-state index contributed by atoms with van der Waals surface area (Å²) in [4.78, 5) is 11.3. The molecule has 2 saturated heterocycles. The van der Waals surface area contributed by atoms with Crippen LogP contribution in [0.4, 0.5) is 5.82 Å². The van der Waals surface area contributed by atoms with Crippen molar-refractivity contribution in [3.05, 3.63) is 47.9 Å². The fourth-order valence-corrected chi connectivity index (χ4v) is 4.36. The van der Waals surface area contributed by atoms with Gasteiger partial charge in [0.15, 0.2) is 11.6 Å². The van der Waals surface area contributed by atoms with Gasteiger partial charge >= 0.3 is 0 Å². The molecule has 2 aliphatic rings. The average molecular weight is 467 g/mol. The average Bonchev–Trinajstić information content (AvgIpc) is 3.28. The zero-order valence-corrected chi connectivity index (χ0v) is 19.5. The van der Waals surface area contributed by atoms with Crippen molar-refractivity contribution in [1.82, 2.24) is 24.6 Å². The van der Waals surface area contributed by atoms with Crippen molar-refractivity contribution >= 4 is 5.82 Å². The molecule has 0 bridgehead atoms. The highest BCUT2D eigenvalue weighted by Gasteiger charge is 2.38. The van der Waals surface area contributed by atoms with Gasteiger partial charge in [0, 0.05) is 12.7 Å². The first-order chi connectivity index (χ1) is 16.4. The molecule has 0 spiro atoms. The first kappa shape index (κ1) is 22.7. The third kappa shape index (κ3) is 4.62. The maximum atomic E-state index is 10.8. The fourth-order valence-electron chi connectivity index (χ4n) is 4.36. The Bertz CT molecular complexity index is 1150. The molecule has 2 aromatic heterocycles. The Morgan fingerprint density at radius 3 is 2.71 bits per heavy atom. The van der Waals surface area contributed by atoms with Gasteiger partial charge in [-0.1, -0.05) is 6.07 Å². The number of nitrogens with two attached hydrogens (primary N) is 1. The highest BCUT2D eigenvalue weighted by molar-refractivity contribution is 5.63. The molecule has 0 unspecified atom stereocenters. The van der Waals surface area contributed by atoms with Gasteiger partial charge in [-0.3, -0.25) is 4.68 Å². The van der Waals surface area contributed by atoms with E-state index in [0.29, 0.717) is 24.1 Å². The van der Waals surface area contributed by atoms with Crippen LogP contribution in [0.2, 0.25) is 0 Å². The number of rotatable bonds is 7. The highest BCUT2D eigenvalue weighted by Crippen LogP contribution is 2.34. The fraction of sp³-hybridized carbons (Fsp3) is 0.458. The second-order valence-electron chi connectivity index (χ2n) is 9.11. The number of anilines is 1. The first-order valence-corrected chi connectivity index (χ1v) is 11.4. The van der Waals surface area contributed by atoms with E-state index >= 15 is 0 Å². The van der Waals surface area contributed by atoms with Crippen molar-refractivity contribution < 1.29 is 19.3 Å². The van der Waals surface area contributed by atoms with E-state index in [1.54, 1.807) is 19.5 Å². The van der Waals surface area contributed by atoms with Crippen molar-refractivity contribution in [1.29, 1.82) is 0 Å². The van der Waals surface area contributed by atoms with Crippen LogP contribution in [0.1, 0.15) is 30.0 Å². The molecule has 0 atom stereocenters. The van der Waals surface area contributed by atoms with E-state index in [0.717, 1.165) is 42.6 Å². The highest BCUT2D eigenvalue weighted by atomic mass is 16.5. The summed E-state index contributed by atoms with van der Waals surface area (Å²) in [5.41, 5.74) is 8.09. The number of nitrogens with zero attached hydrogens (tertiary/aromatic N) is 5. The lowest BCUT2D eigenvalue weighted by atomic mass is 9.89. The first-order valence-electron chi connectivity index (χ1n) is 11.4. The second-order valence-corrected chi connectivity index (χ2v) is 9.11. The lowest BCUT2D eigenvalue weighted by molar-refractivity contribution is -0.184. The Morgan fingerprint density at radius 2 is 2.00 bits per heavy atom. The van der Waals surface area contributed by atoms with Crippen molar-refractivity contribution in [3.8, 4) is 22.9 Å². The van der Waals surface area contributed by atoms with Crippen LogP contribution >= 0.6 is 0 Å². The minimum atomic E-state index is -1.01. The number of aliphatic hydroxyl groups is 1. The molecular weight excluding hydrogens is 436 g/mol. The van der Waals surface area contributed by atoms with Crippen LogP contribution in [0.25, 0.3) is 11.3 Å². The number of nitrogen functional groups attached to an aromatic ring is 1. The van der Waals surface area contributed by atoms with E-state index < -0.39 is 5.60 Å². The van der Waals surface area contributed by atoms with Crippen LogP contribution in [0, 0.1) is 0 Å². The maximum absolute atomic E-state index is 10.8. The zero-order valence-electron chi connectivity index (χ0n) is 19.5. The normalized spacial score (nSPS) is 18.6. The molecular formula is C24H30N6O4. The summed E-state index contributed by atoms with van der Waals surface area (Å²) in [5, 5.41) is 15.3. The number of aromatic nitrogens is 4. The van der Waals surface area contributed by atoms with Crippen LogP contribution in [0.15, 0.2) is 36.8 Å². The molecule has 4 heterocycles. The van der Waals surface area contributed by atoms with E-state index in [-0.39, 0.29) is 24.9 Å². The molecule has 0 aliphatic carbocycles. The molecule has 2 aliphatic heterocycles. The topological polar surface area (TPSA) is 121 Å². The largest absolute Gasteiger partial charge is 0.433 e. The van der Waals surface area contributed by atoms with E-state index in [1.165, 1.54) is 0 Å². The number of ether oxygens (including phenoxy) is 3. The van der Waals surface area contributed by atoms with Crippen molar-refractivity contribution in [2.75, 3.05) is 46.2 Å². The van der Waals surface area contributed by atoms with Crippen molar-refractivity contribution in [2.45, 2.75) is 31.1 Å². The lowest BCUT2D eigenvalue weighted by Crippen LogP contribution is -2.46. The minimum Gasteiger partial charge on any atom is -0.433 e. The van der Waals surface area contributed by atoms with Gasteiger partial charge in [0.2, 0.25) is 0 Å². The summed E-state index contributed by atoms with van der Waals surface area (Å²) in [5.74, 6) is 0.965. The standard InChI is InChI=1S/C24H30N6O4/c1-29-5-3-19(4-6-29)30-12-20(10-27-30)34-23-22(25)26-11-21(28-23)17-7-16(13-32-2)8-18(9-17)24(31)14-33-15-24/h7-12,19,31H,3-6,13-15H2,1-2H3,(H2,25,26). The van der Waals surface area contributed by atoms with E-state index in [4.69, 9.17) is 19.9 Å². The van der Waals surface area contributed by atoms with Crippen LogP contribution in [0.5, 0.6) is 11.6 Å². The van der Waals surface area contributed by atoms with Crippen LogP contribution in [-0.2, 0) is 21.7 Å². The molecule has 3 N–H and O–H groups in total. The monoisotopic (exact) mass is 466 g/mol. The number of piperidine rings is 1. The van der Waals surface area contributed by atoms with E-state index in [1.807, 2.05) is 29.1 Å². The number of benzene rings is 1. The maximum Gasteiger partial charge on any atom is 0.263 e. The van der Waals surface area contributed by atoms with Gasteiger partial charge in [0.05, 0.1) is 50.1 Å². The molecule has 2 fully saturated rings. The summed E-state index contributed by atoms with van der Waals surface area (Å²) < 4.78 is 18.5. The smallest absolute Gasteiger partial charge is 0.263 e. The Kier molecular flexibility index (Phi) is 6.22. The Morgan fingerprint density at radius 1 is 1.21 bits per heavy atom. The molecule has 0 radical (unpaired) electrons. The third-order valence-corrected chi connectivity index (χ3v) is 6.44. The van der Waals surface area contributed by atoms with Crippen LogP contribution < -0.4 is 10.5 Å². The van der Waals surface area contributed by atoms with Gasteiger partial charge in [0.25, 0.3) is 5.88 Å². The Balaban J connectivity index is 1.40. The summed E-state index contributed by atoms with van der Waals surface area (Å²) in [6.45, 7) is 3.01. The number of hydrogen-bond donors (Lipinski definition) is 2. The summed E-state index contributed by atoms with van der Waals surface area (Å²) in [6.07, 6.45) is 7.25. The Hall–Kier alpha value is -3.05. The zero-order chi connectivity index (χ0) is 23.7. The molecule has 0 saturated carbocycles. The van der Waals surface area contributed by atoms with E-state index in [9.17, 15) is 5.11 Å². The molecule has 0 amide bonds. The third-order valence-electron chi connectivity index (χ3n) is 6.44. The van der Waals surface area contributed by atoms with Gasteiger partial charge in [-0.05, 0) is 56.2 Å². The molecule has 5 rings (SSSR count). The predicted octanol–water partition coefficient (Wildman–Crippen LogP) is 2.35. The van der Waals surface area contributed by atoms with Gasteiger partial charge in [-0.15, -0.1) is 0 Å². The predicted molar refractivity (Wildman–Crippen MR) is 125 cm³/mol. The molecule has 10 heteroatoms. The summed E-state index contributed by atoms with van der Waals surface area (Å²) in [7, 11) is 3.77. The van der Waals surface area contributed by atoms with Crippen molar-refractivity contribution in [3.63, 3.8) is 0 Å². The van der Waals surface area contributed by atoms with Crippen molar-refractivity contribution in [2.24, 2.45) is 0 Å². The van der Waals surface area contributed by atoms with Gasteiger partial charge in [0.1, 0.15) is 5.60 Å². The summed E-state index contributed by atoms with van der Waals surface area (Å²) in [6, 6.07) is 6.13. The molecule has 1 aromatic carbocycles. The van der Waals surface area contributed by atoms with Gasteiger partial charge < -0.3 is 30.0 Å². The second kappa shape index (κ2) is 9.30. The molecule has 34 heavy (non-hydrogen) atoms. The molecule has 3 aromatic rings. The minimum absolute atomic E-state index is 0.190.